The average molecular weight is 301 g/mol. The monoisotopic (exact) mass is 301 g/mol. The fourth-order valence-corrected chi connectivity index (χ4v) is 3.56. The Kier molecular flexibility index (Phi) is 4.04. The van der Waals surface area contributed by atoms with Crippen molar-refractivity contribution in [3.8, 4) is 0 Å². The molecule has 19 heavy (non-hydrogen) atoms. The Labute approximate surface area is 115 Å². The molecule has 1 unspecified atom stereocenters. The first-order chi connectivity index (χ1) is 8.90. The molecule has 0 radical (unpaired) electrons. The van der Waals surface area contributed by atoms with Crippen LogP contribution in [0, 0.1) is 6.92 Å². The second kappa shape index (κ2) is 5.41. The van der Waals surface area contributed by atoms with Crippen LogP contribution in [0.3, 0.4) is 0 Å². The van der Waals surface area contributed by atoms with Crippen LogP contribution in [0.1, 0.15) is 16.5 Å². The lowest BCUT2D eigenvalue weighted by molar-refractivity contribution is 0.185. The van der Waals surface area contributed by atoms with E-state index < -0.39 is 16.1 Å². The van der Waals surface area contributed by atoms with Gasteiger partial charge in [0.25, 0.3) is 0 Å². The number of nitrogens with zero attached hydrogens (tertiary/aromatic N) is 2. The van der Waals surface area contributed by atoms with Crippen LogP contribution >= 0.6 is 11.3 Å². The topological polar surface area (TPSA) is 84.2 Å². The van der Waals surface area contributed by atoms with Crippen LogP contribution in [0.4, 0.5) is 0 Å². The van der Waals surface area contributed by atoms with Crippen molar-refractivity contribution in [3.63, 3.8) is 0 Å². The van der Waals surface area contributed by atoms with Gasteiger partial charge in [-0.3, -0.25) is 4.68 Å². The van der Waals surface area contributed by atoms with E-state index in [0.29, 0.717) is 0 Å². The third-order valence-electron chi connectivity index (χ3n) is 2.66. The van der Waals surface area contributed by atoms with Crippen LogP contribution in [0.15, 0.2) is 28.7 Å². The second-order valence-corrected chi connectivity index (χ2v) is 6.90. The quantitative estimate of drug-likeness (QED) is 0.855. The third-order valence-corrected chi connectivity index (χ3v) is 5.16. The first-order valence-corrected chi connectivity index (χ1v) is 7.97. The van der Waals surface area contributed by atoms with E-state index in [-0.39, 0.29) is 11.4 Å². The van der Waals surface area contributed by atoms with E-state index in [2.05, 4.69) is 9.82 Å². The van der Waals surface area contributed by atoms with Crippen molar-refractivity contribution in [2.24, 2.45) is 7.05 Å². The fraction of sp³-hybridized carbons (Fsp3) is 0.364. The minimum Gasteiger partial charge on any atom is -0.386 e. The summed E-state index contributed by atoms with van der Waals surface area (Å²) in [6.45, 7) is 1.82. The molecule has 0 amide bonds. The number of nitrogens with one attached hydrogen (secondary N) is 1. The van der Waals surface area contributed by atoms with Crippen LogP contribution in [0.5, 0.6) is 0 Å². The number of sulfonamides is 1. The molecule has 0 aromatic carbocycles. The lowest BCUT2D eigenvalue weighted by Crippen LogP contribution is -2.28. The number of thiophene rings is 1. The Morgan fingerprint density at radius 1 is 1.58 bits per heavy atom. The van der Waals surface area contributed by atoms with Crippen molar-refractivity contribution in [1.29, 1.82) is 0 Å². The molecule has 0 spiro atoms. The zero-order chi connectivity index (χ0) is 14.0. The predicted octanol–water partition coefficient (Wildman–Crippen LogP) is 0.802. The van der Waals surface area contributed by atoms with E-state index in [1.54, 1.807) is 7.05 Å². The van der Waals surface area contributed by atoms with Crippen LogP contribution in [0.2, 0.25) is 0 Å². The maximum atomic E-state index is 11.9. The van der Waals surface area contributed by atoms with Crippen molar-refractivity contribution in [3.05, 3.63) is 34.3 Å². The molecule has 0 aliphatic heterocycles. The standard InChI is InChI=1S/C11H15N3O3S2/c1-8-3-4-18-11(8)10(15)6-13-19(16,17)9-5-12-14(2)7-9/h3-5,7,10,13,15H,6H2,1-2H3. The Balaban J connectivity index is 2.04. The summed E-state index contributed by atoms with van der Waals surface area (Å²) in [5.41, 5.74) is 0.957. The summed E-state index contributed by atoms with van der Waals surface area (Å²) >= 11 is 1.41. The molecule has 104 valence electrons. The zero-order valence-electron chi connectivity index (χ0n) is 10.6. The van der Waals surface area contributed by atoms with Gasteiger partial charge in [-0.05, 0) is 23.9 Å². The highest BCUT2D eigenvalue weighted by Gasteiger charge is 2.19. The van der Waals surface area contributed by atoms with Gasteiger partial charge < -0.3 is 5.11 Å². The second-order valence-electron chi connectivity index (χ2n) is 4.19. The van der Waals surface area contributed by atoms with Crippen molar-refractivity contribution in [2.45, 2.75) is 17.9 Å². The van der Waals surface area contributed by atoms with Gasteiger partial charge >= 0.3 is 0 Å². The molecule has 8 heteroatoms. The summed E-state index contributed by atoms with van der Waals surface area (Å²) in [7, 11) is -1.99. The first kappa shape index (κ1) is 14.2. The molecular weight excluding hydrogens is 286 g/mol. The summed E-state index contributed by atoms with van der Waals surface area (Å²) in [5, 5.41) is 15.6. The lowest BCUT2D eigenvalue weighted by Gasteiger charge is -2.11. The molecular formula is C11H15N3O3S2. The number of rotatable bonds is 5. The molecule has 2 aromatic rings. The SMILES string of the molecule is Cc1ccsc1C(O)CNS(=O)(=O)c1cnn(C)c1. The zero-order valence-corrected chi connectivity index (χ0v) is 12.2. The molecule has 2 N–H and O–H groups in total. The Hall–Kier alpha value is -1.22. The number of aliphatic hydroxyl groups is 1. The van der Waals surface area contributed by atoms with Gasteiger partial charge in [-0.25, -0.2) is 13.1 Å². The van der Waals surface area contributed by atoms with Crippen LogP contribution in [0.25, 0.3) is 0 Å². The number of hydrogen-bond donors (Lipinski definition) is 2. The molecule has 2 aromatic heterocycles. The minimum atomic E-state index is -3.63. The van der Waals surface area contributed by atoms with Gasteiger partial charge in [-0.15, -0.1) is 11.3 Å². The number of hydrogen-bond acceptors (Lipinski definition) is 5. The van der Waals surface area contributed by atoms with Crippen molar-refractivity contribution < 1.29 is 13.5 Å². The molecule has 0 saturated carbocycles. The lowest BCUT2D eigenvalue weighted by atomic mass is 10.2. The van der Waals surface area contributed by atoms with Gasteiger partial charge in [0.05, 0.1) is 6.20 Å². The highest BCUT2D eigenvalue weighted by atomic mass is 32.2. The van der Waals surface area contributed by atoms with E-state index in [4.69, 9.17) is 0 Å². The molecule has 0 aliphatic carbocycles. The normalized spacial score (nSPS) is 13.6. The minimum absolute atomic E-state index is 0.0570. The van der Waals surface area contributed by atoms with Gasteiger partial charge in [0.15, 0.2) is 0 Å². The molecule has 2 rings (SSSR count). The summed E-state index contributed by atoms with van der Waals surface area (Å²) in [6, 6.07) is 1.89. The Morgan fingerprint density at radius 2 is 2.32 bits per heavy atom. The maximum Gasteiger partial charge on any atom is 0.243 e. The van der Waals surface area contributed by atoms with Crippen molar-refractivity contribution in [2.75, 3.05) is 6.54 Å². The van der Waals surface area contributed by atoms with Gasteiger partial charge in [-0.2, -0.15) is 5.10 Å². The van der Waals surface area contributed by atoms with Gasteiger partial charge in [0.1, 0.15) is 11.0 Å². The van der Waals surface area contributed by atoms with E-state index in [9.17, 15) is 13.5 Å². The molecule has 0 saturated heterocycles. The molecule has 0 aliphatic rings. The number of aliphatic hydroxyl groups excluding tert-OH is 1. The van der Waals surface area contributed by atoms with E-state index in [1.165, 1.54) is 28.4 Å². The van der Waals surface area contributed by atoms with Crippen LogP contribution in [-0.4, -0.2) is 29.8 Å². The maximum absolute atomic E-state index is 11.9. The largest absolute Gasteiger partial charge is 0.386 e. The molecule has 0 bridgehead atoms. The van der Waals surface area contributed by atoms with Crippen molar-refractivity contribution in [1.82, 2.24) is 14.5 Å². The smallest absolute Gasteiger partial charge is 0.243 e. The van der Waals surface area contributed by atoms with Crippen LogP contribution in [-0.2, 0) is 17.1 Å². The number of aromatic nitrogens is 2. The van der Waals surface area contributed by atoms with E-state index in [1.807, 2.05) is 18.4 Å². The van der Waals surface area contributed by atoms with E-state index in [0.717, 1.165) is 10.4 Å². The Morgan fingerprint density at radius 3 is 2.84 bits per heavy atom. The van der Waals surface area contributed by atoms with Crippen LogP contribution < -0.4 is 4.72 Å². The van der Waals surface area contributed by atoms with Gasteiger partial charge in [-0.1, -0.05) is 0 Å². The van der Waals surface area contributed by atoms with Gasteiger partial charge in [0, 0.05) is 24.7 Å². The van der Waals surface area contributed by atoms with Gasteiger partial charge in [0.2, 0.25) is 10.0 Å². The predicted molar refractivity (Wildman–Crippen MR) is 72.4 cm³/mol. The summed E-state index contributed by atoms with van der Waals surface area (Å²) in [5.74, 6) is 0. The highest BCUT2D eigenvalue weighted by molar-refractivity contribution is 7.89. The molecule has 6 nitrogen and oxygen atoms in total. The summed E-state index contributed by atoms with van der Waals surface area (Å²) < 4.78 is 27.7. The summed E-state index contributed by atoms with van der Waals surface area (Å²) in [4.78, 5) is 0.860. The average Bonchev–Trinajstić information content (AvgIpc) is 2.95. The third kappa shape index (κ3) is 3.21. The molecule has 2 heterocycles. The fourth-order valence-electron chi connectivity index (χ4n) is 1.63. The molecule has 1 atom stereocenters. The van der Waals surface area contributed by atoms with Crippen molar-refractivity contribution >= 4 is 21.4 Å². The first-order valence-electron chi connectivity index (χ1n) is 5.60. The highest BCUT2D eigenvalue weighted by Crippen LogP contribution is 2.23. The van der Waals surface area contributed by atoms with E-state index >= 15 is 0 Å². The Bertz CT molecular complexity index is 660. The summed E-state index contributed by atoms with van der Waals surface area (Å²) in [6.07, 6.45) is 1.84. The number of aryl methyl sites for hydroxylation is 2. The molecule has 0 fully saturated rings.